The number of aliphatic hydroxyl groups is 1. The Hall–Kier alpha value is -1.84. The molecule has 2 rings (SSSR count). The Balaban J connectivity index is 1.97. The summed E-state index contributed by atoms with van der Waals surface area (Å²) in [6.45, 7) is 2.16. The zero-order valence-electron chi connectivity index (χ0n) is 11.0. The van der Waals surface area contributed by atoms with E-state index < -0.39 is 6.10 Å². The van der Waals surface area contributed by atoms with Crippen molar-refractivity contribution in [2.45, 2.75) is 19.1 Å². The molecule has 0 aliphatic heterocycles. The molecule has 0 spiro atoms. The zero-order valence-corrected chi connectivity index (χ0v) is 11.0. The molecule has 0 aromatic heterocycles. The van der Waals surface area contributed by atoms with Gasteiger partial charge in [-0.1, -0.05) is 42.5 Å². The second-order valence-corrected chi connectivity index (χ2v) is 4.60. The highest BCUT2D eigenvalue weighted by molar-refractivity contribution is 5.30. The Labute approximate surface area is 113 Å². The van der Waals surface area contributed by atoms with Gasteiger partial charge in [-0.2, -0.15) is 0 Å². The van der Waals surface area contributed by atoms with Crippen LogP contribution in [0, 0.1) is 0 Å². The molecule has 3 nitrogen and oxygen atoms in total. The number of aliphatic hydroxyl groups excluding tert-OH is 1. The van der Waals surface area contributed by atoms with Gasteiger partial charge < -0.3 is 15.6 Å². The lowest BCUT2D eigenvalue weighted by Gasteiger charge is -2.14. The second kappa shape index (κ2) is 6.36. The van der Waals surface area contributed by atoms with E-state index in [0.29, 0.717) is 0 Å². The minimum Gasteiger partial charge on any atom is -0.491 e. The van der Waals surface area contributed by atoms with Crippen molar-refractivity contribution < 1.29 is 9.84 Å². The summed E-state index contributed by atoms with van der Waals surface area (Å²) in [5.41, 5.74) is 7.70. The first-order valence-electron chi connectivity index (χ1n) is 6.38. The monoisotopic (exact) mass is 257 g/mol. The largest absolute Gasteiger partial charge is 0.491 e. The number of hydrogen-bond donors (Lipinski definition) is 2. The lowest BCUT2D eigenvalue weighted by molar-refractivity contribution is 0.108. The number of benzene rings is 2. The minimum atomic E-state index is -0.625. The molecule has 2 aromatic carbocycles. The highest BCUT2D eigenvalue weighted by Crippen LogP contribution is 2.19. The predicted octanol–water partition coefficient (Wildman–Crippen LogP) is 2.82. The molecule has 1 unspecified atom stereocenters. The maximum Gasteiger partial charge on any atom is 0.119 e. The van der Waals surface area contributed by atoms with Crippen molar-refractivity contribution in [1.29, 1.82) is 0 Å². The van der Waals surface area contributed by atoms with Crippen LogP contribution in [-0.2, 0) is 0 Å². The fourth-order valence-electron chi connectivity index (χ4n) is 1.83. The van der Waals surface area contributed by atoms with E-state index >= 15 is 0 Å². The van der Waals surface area contributed by atoms with Crippen molar-refractivity contribution in [3.8, 4) is 5.75 Å². The molecule has 3 heteroatoms. The maximum atomic E-state index is 10.0. The highest BCUT2D eigenvalue weighted by atomic mass is 16.5. The summed E-state index contributed by atoms with van der Waals surface area (Å²) in [5, 5.41) is 10.0. The maximum absolute atomic E-state index is 10.0. The van der Waals surface area contributed by atoms with Gasteiger partial charge in [0.2, 0.25) is 0 Å². The van der Waals surface area contributed by atoms with Crippen molar-refractivity contribution in [1.82, 2.24) is 0 Å². The average molecular weight is 257 g/mol. The third-order valence-electron chi connectivity index (χ3n) is 2.98. The number of rotatable bonds is 5. The van der Waals surface area contributed by atoms with Crippen LogP contribution < -0.4 is 10.5 Å². The standard InChI is InChI=1S/C16H19NO2/c1-12(17)14-8-5-9-15(10-14)19-11-16(18)13-6-3-2-4-7-13/h2-10,12,16,18H,11,17H2,1H3/t12-,16?/m1/s1. The van der Waals surface area contributed by atoms with Crippen LogP contribution in [0.4, 0.5) is 0 Å². The second-order valence-electron chi connectivity index (χ2n) is 4.60. The molecule has 0 bridgehead atoms. The quantitative estimate of drug-likeness (QED) is 0.866. The van der Waals surface area contributed by atoms with E-state index in [2.05, 4.69) is 0 Å². The summed E-state index contributed by atoms with van der Waals surface area (Å²) in [7, 11) is 0. The predicted molar refractivity (Wildman–Crippen MR) is 75.9 cm³/mol. The third kappa shape index (κ3) is 3.81. The Morgan fingerprint density at radius 2 is 1.74 bits per heavy atom. The molecule has 0 fully saturated rings. The van der Waals surface area contributed by atoms with Gasteiger partial charge in [0.05, 0.1) is 0 Å². The van der Waals surface area contributed by atoms with Crippen LogP contribution in [0.1, 0.15) is 30.2 Å². The first-order chi connectivity index (χ1) is 9.16. The van der Waals surface area contributed by atoms with E-state index in [1.165, 1.54) is 0 Å². The van der Waals surface area contributed by atoms with Crippen LogP contribution in [0.3, 0.4) is 0 Å². The Kier molecular flexibility index (Phi) is 4.55. The number of ether oxygens (including phenoxy) is 1. The summed E-state index contributed by atoms with van der Waals surface area (Å²) >= 11 is 0. The fraction of sp³-hybridized carbons (Fsp3) is 0.250. The van der Waals surface area contributed by atoms with E-state index in [0.717, 1.165) is 16.9 Å². The molecular weight excluding hydrogens is 238 g/mol. The van der Waals surface area contributed by atoms with Gasteiger partial charge in [-0.15, -0.1) is 0 Å². The van der Waals surface area contributed by atoms with E-state index in [1.807, 2.05) is 61.5 Å². The summed E-state index contributed by atoms with van der Waals surface area (Å²) < 4.78 is 5.61. The van der Waals surface area contributed by atoms with Crippen molar-refractivity contribution in [2.75, 3.05) is 6.61 Å². The zero-order chi connectivity index (χ0) is 13.7. The molecule has 0 heterocycles. The van der Waals surface area contributed by atoms with Gasteiger partial charge in [0, 0.05) is 6.04 Å². The van der Waals surface area contributed by atoms with Gasteiger partial charge >= 0.3 is 0 Å². The molecular formula is C16H19NO2. The van der Waals surface area contributed by atoms with E-state index in [-0.39, 0.29) is 12.6 Å². The molecule has 2 atom stereocenters. The first kappa shape index (κ1) is 13.6. The first-order valence-corrected chi connectivity index (χ1v) is 6.38. The normalized spacial score (nSPS) is 13.8. The van der Waals surface area contributed by atoms with Gasteiger partial charge in [-0.25, -0.2) is 0 Å². The SMILES string of the molecule is C[C@@H](N)c1cccc(OCC(O)c2ccccc2)c1. The van der Waals surface area contributed by atoms with Gasteiger partial charge in [0.1, 0.15) is 18.5 Å². The van der Waals surface area contributed by atoms with Gasteiger partial charge in [-0.3, -0.25) is 0 Å². The highest BCUT2D eigenvalue weighted by Gasteiger charge is 2.08. The molecule has 0 saturated heterocycles. The van der Waals surface area contributed by atoms with Crippen molar-refractivity contribution in [2.24, 2.45) is 5.73 Å². The Bertz CT molecular complexity index is 511. The van der Waals surface area contributed by atoms with Crippen LogP contribution in [0.25, 0.3) is 0 Å². The van der Waals surface area contributed by atoms with Crippen LogP contribution in [0.5, 0.6) is 5.75 Å². The van der Waals surface area contributed by atoms with Crippen LogP contribution in [0.15, 0.2) is 54.6 Å². The molecule has 0 radical (unpaired) electrons. The summed E-state index contributed by atoms with van der Waals surface area (Å²) in [4.78, 5) is 0. The molecule has 3 N–H and O–H groups in total. The van der Waals surface area contributed by atoms with Gasteiger partial charge in [0.15, 0.2) is 0 Å². The smallest absolute Gasteiger partial charge is 0.119 e. The van der Waals surface area contributed by atoms with Crippen molar-refractivity contribution >= 4 is 0 Å². The Morgan fingerprint density at radius 3 is 2.42 bits per heavy atom. The molecule has 0 aliphatic rings. The topological polar surface area (TPSA) is 55.5 Å². The molecule has 0 saturated carbocycles. The molecule has 0 aliphatic carbocycles. The van der Waals surface area contributed by atoms with Crippen LogP contribution >= 0.6 is 0 Å². The number of nitrogens with two attached hydrogens (primary N) is 1. The van der Waals surface area contributed by atoms with Crippen LogP contribution in [-0.4, -0.2) is 11.7 Å². The van der Waals surface area contributed by atoms with Crippen molar-refractivity contribution in [3.63, 3.8) is 0 Å². The average Bonchev–Trinajstić information content (AvgIpc) is 2.46. The molecule has 19 heavy (non-hydrogen) atoms. The summed E-state index contributed by atoms with van der Waals surface area (Å²) in [6.07, 6.45) is -0.625. The molecule has 2 aromatic rings. The summed E-state index contributed by atoms with van der Waals surface area (Å²) in [5.74, 6) is 0.727. The lowest BCUT2D eigenvalue weighted by atomic mass is 10.1. The van der Waals surface area contributed by atoms with E-state index in [4.69, 9.17) is 10.5 Å². The Morgan fingerprint density at radius 1 is 1.05 bits per heavy atom. The molecule has 0 amide bonds. The van der Waals surface area contributed by atoms with Gasteiger partial charge in [-0.05, 0) is 30.2 Å². The van der Waals surface area contributed by atoms with Crippen LogP contribution in [0.2, 0.25) is 0 Å². The summed E-state index contributed by atoms with van der Waals surface area (Å²) in [6, 6.07) is 17.1. The van der Waals surface area contributed by atoms with Crippen molar-refractivity contribution in [3.05, 3.63) is 65.7 Å². The molecule has 100 valence electrons. The number of hydrogen-bond acceptors (Lipinski definition) is 3. The van der Waals surface area contributed by atoms with E-state index in [9.17, 15) is 5.11 Å². The third-order valence-corrected chi connectivity index (χ3v) is 2.98. The minimum absolute atomic E-state index is 0.0254. The lowest BCUT2D eigenvalue weighted by Crippen LogP contribution is -2.10. The fourth-order valence-corrected chi connectivity index (χ4v) is 1.83. The van der Waals surface area contributed by atoms with Gasteiger partial charge in [0.25, 0.3) is 0 Å². The van der Waals surface area contributed by atoms with E-state index in [1.54, 1.807) is 0 Å².